The summed E-state index contributed by atoms with van der Waals surface area (Å²) in [6, 6.07) is 0. The second-order valence-corrected chi connectivity index (χ2v) is 1.77. The monoisotopic (exact) mass is 150 g/mol. The van der Waals surface area contributed by atoms with E-state index in [4.69, 9.17) is 0 Å². The zero-order valence-corrected chi connectivity index (χ0v) is 7.12. The van der Waals surface area contributed by atoms with Crippen LogP contribution in [0.5, 0.6) is 0 Å². The first-order chi connectivity index (χ1) is 4.56. The quantitative estimate of drug-likeness (QED) is 0.527. The van der Waals surface area contributed by atoms with Crippen LogP contribution in [0.4, 0.5) is 8.78 Å². The highest BCUT2D eigenvalue weighted by molar-refractivity contribution is 4.90. The zero-order chi connectivity index (χ0) is 8.62. The molecule has 10 heavy (non-hydrogen) atoms. The first-order valence-electron chi connectivity index (χ1n) is 3.62. The molecule has 2 heteroatoms. The molecule has 0 radical (unpaired) electrons. The van der Waals surface area contributed by atoms with E-state index in [1.54, 1.807) is 0 Å². The average molecular weight is 150 g/mol. The maximum absolute atomic E-state index is 11.8. The smallest absolute Gasteiger partial charge is 0.202 e. The molecule has 0 aromatic heterocycles. The second kappa shape index (κ2) is 6.72. The Balaban J connectivity index is 0. The maximum atomic E-state index is 11.8. The number of rotatable bonds is 2. The molecule has 0 saturated heterocycles. The summed E-state index contributed by atoms with van der Waals surface area (Å²) in [7, 11) is 0. The molecule has 0 unspecified atom stereocenters. The minimum Gasteiger partial charge on any atom is -0.202 e. The Morgan fingerprint density at radius 2 is 1.70 bits per heavy atom. The van der Waals surface area contributed by atoms with Gasteiger partial charge in [-0.05, 0) is 12.5 Å². The lowest BCUT2D eigenvalue weighted by Gasteiger charge is -1.99. The summed E-state index contributed by atoms with van der Waals surface area (Å²) in [6.45, 7) is 6.70. The van der Waals surface area contributed by atoms with Gasteiger partial charge in [-0.15, -0.1) is 0 Å². The molecule has 0 saturated carbocycles. The van der Waals surface area contributed by atoms with Gasteiger partial charge in [0.05, 0.1) is 0 Å². The van der Waals surface area contributed by atoms with E-state index in [2.05, 4.69) is 0 Å². The Morgan fingerprint density at radius 3 is 1.80 bits per heavy atom. The topological polar surface area (TPSA) is 0 Å². The van der Waals surface area contributed by atoms with Crippen LogP contribution in [-0.2, 0) is 0 Å². The minimum atomic E-state index is -2.63. The fraction of sp³-hybridized carbons (Fsp3) is 0.750. The molecule has 0 bridgehead atoms. The van der Waals surface area contributed by atoms with E-state index in [0.717, 1.165) is 13.0 Å². The molecule has 0 aromatic carbocycles. The predicted molar refractivity (Wildman–Crippen MR) is 41.4 cm³/mol. The van der Waals surface area contributed by atoms with Crippen LogP contribution in [0.3, 0.4) is 0 Å². The molecule has 0 heterocycles. The SMILES string of the molecule is CC.CC/C=C/C(C)(F)F. The van der Waals surface area contributed by atoms with Crippen LogP contribution in [-0.4, -0.2) is 5.92 Å². The van der Waals surface area contributed by atoms with Gasteiger partial charge < -0.3 is 0 Å². The van der Waals surface area contributed by atoms with E-state index in [-0.39, 0.29) is 0 Å². The second-order valence-electron chi connectivity index (χ2n) is 1.77. The summed E-state index contributed by atoms with van der Waals surface area (Å²) in [6.07, 6.45) is 3.04. The minimum absolute atomic E-state index is 0.670. The highest BCUT2D eigenvalue weighted by Crippen LogP contribution is 2.12. The van der Waals surface area contributed by atoms with Crippen molar-refractivity contribution in [3.8, 4) is 0 Å². The third-order valence-electron chi connectivity index (χ3n) is 0.646. The first kappa shape index (κ1) is 12.3. The van der Waals surface area contributed by atoms with Crippen molar-refractivity contribution in [3.05, 3.63) is 12.2 Å². The van der Waals surface area contributed by atoms with E-state index in [0.29, 0.717) is 6.42 Å². The highest BCUT2D eigenvalue weighted by atomic mass is 19.3. The molecule has 0 aliphatic carbocycles. The summed E-state index contributed by atoms with van der Waals surface area (Å²) >= 11 is 0. The van der Waals surface area contributed by atoms with Gasteiger partial charge >= 0.3 is 0 Å². The van der Waals surface area contributed by atoms with Crippen molar-refractivity contribution in [2.75, 3.05) is 0 Å². The van der Waals surface area contributed by atoms with Crippen LogP contribution in [0.1, 0.15) is 34.1 Å². The van der Waals surface area contributed by atoms with E-state index >= 15 is 0 Å². The van der Waals surface area contributed by atoms with E-state index in [9.17, 15) is 8.78 Å². The normalized spacial score (nSPS) is 11.0. The standard InChI is InChI=1S/C6H10F2.C2H6/c1-3-4-5-6(2,7)8;1-2/h4-5H,3H2,1-2H3;1-2H3/b5-4+;. The molecule has 0 aliphatic rings. The first-order valence-corrected chi connectivity index (χ1v) is 3.62. The molecular weight excluding hydrogens is 134 g/mol. The van der Waals surface area contributed by atoms with Gasteiger partial charge in [-0.25, -0.2) is 8.78 Å². The van der Waals surface area contributed by atoms with Crippen molar-refractivity contribution in [1.29, 1.82) is 0 Å². The molecule has 0 aromatic rings. The molecule has 0 atom stereocenters. The van der Waals surface area contributed by atoms with Crippen LogP contribution in [0.2, 0.25) is 0 Å². The van der Waals surface area contributed by atoms with Crippen molar-refractivity contribution in [2.24, 2.45) is 0 Å². The van der Waals surface area contributed by atoms with Gasteiger partial charge in [-0.1, -0.05) is 26.8 Å². The highest BCUT2D eigenvalue weighted by Gasteiger charge is 2.13. The van der Waals surface area contributed by atoms with Crippen LogP contribution in [0.15, 0.2) is 12.2 Å². The van der Waals surface area contributed by atoms with E-state index < -0.39 is 5.92 Å². The Kier molecular flexibility index (Phi) is 8.26. The molecular formula is C8H16F2. The van der Waals surface area contributed by atoms with Crippen LogP contribution in [0, 0.1) is 0 Å². The lowest BCUT2D eigenvalue weighted by molar-refractivity contribution is 0.0772. The van der Waals surface area contributed by atoms with Gasteiger partial charge in [-0.2, -0.15) is 0 Å². The van der Waals surface area contributed by atoms with Gasteiger partial charge in [0.1, 0.15) is 0 Å². The molecule has 62 valence electrons. The lowest BCUT2D eigenvalue weighted by Crippen LogP contribution is -2.02. The Bertz CT molecular complexity index is 79.7. The van der Waals surface area contributed by atoms with Gasteiger partial charge in [0.2, 0.25) is 0 Å². The van der Waals surface area contributed by atoms with Crippen LogP contribution < -0.4 is 0 Å². The molecule has 0 nitrogen and oxygen atoms in total. The van der Waals surface area contributed by atoms with Crippen LogP contribution >= 0.6 is 0 Å². The van der Waals surface area contributed by atoms with Gasteiger partial charge in [0.15, 0.2) is 0 Å². The summed E-state index contributed by atoms with van der Waals surface area (Å²) in [5.74, 6) is -2.63. The third kappa shape index (κ3) is 15.6. The number of allylic oxidation sites excluding steroid dienone is 2. The number of halogens is 2. The van der Waals surface area contributed by atoms with Crippen molar-refractivity contribution >= 4 is 0 Å². The van der Waals surface area contributed by atoms with Crippen molar-refractivity contribution in [2.45, 2.75) is 40.0 Å². The summed E-state index contributed by atoms with van der Waals surface area (Å²) < 4.78 is 23.6. The average Bonchev–Trinajstić information content (AvgIpc) is 1.87. The molecule has 0 amide bonds. The Hall–Kier alpha value is -0.400. The Labute approximate surface area is 61.9 Å². The van der Waals surface area contributed by atoms with E-state index in [1.807, 2.05) is 20.8 Å². The van der Waals surface area contributed by atoms with Crippen molar-refractivity contribution < 1.29 is 8.78 Å². The van der Waals surface area contributed by atoms with Gasteiger partial charge in [-0.3, -0.25) is 0 Å². The predicted octanol–water partition coefficient (Wildman–Crippen LogP) is 3.63. The molecule has 0 rings (SSSR count). The third-order valence-corrected chi connectivity index (χ3v) is 0.646. The summed E-state index contributed by atoms with van der Waals surface area (Å²) in [5.41, 5.74) is 0. The molecule has 0 aliphatic heterocycles. The fourth-order valence-corrected chi connectivity index (χ4v) is 0.325. The largest absolute Gasteiger partial charge is 0.263 e. The number of hydrogen-bond acceptors (Lipinski definition) is 0. The van der Waals surface area contributed by atoms with Crippen molar-refractivity contribution in [3.63, 3.8) is 0 Å². The number of hydrogen-bond donors (Lipinski definition) is 0. The Morgan fingerprint density at radius 1 is 1.30 bits per heavy atom. The summed E-state index contributed by atoms with van der Waals surface area (Å²) in [4.78, 5) is 0. The molecule has 0 N–H and O–H groups in total. The summed E-state index contributed by atoms with van der Waals surface area (Å²) in [5, 5.41) is 0. The van der Waals surface area contributed by atoms with E-state index in [1.165, 1.54) is 6.08 Å². The molecule has 0 spiro atoms. The lowest BCUT2D eigenvalue weighted by atomic mass is 10.3. The van der Waals surface area contributed by atoms with Gasteiger partial charge in [0.25, 0.3) is 5.92 Å². The molecule has 0 fully saturated rings. The zero-order valence-electron chi connectivity index (χ0n) is 7.12. The number of alkyl halides is 2. The van der Waals surface area contributed by atoms with Crippen molar-refractivity contribution in [1.82, 2.24) is 0 Å². The van der Waals surface area contributed by atoms with Gasteiger partial charge in [0, 0.05) is 6.92 Å². The fourth-order valence-electron chi connectivity index (χ4n) is 0.325. The van der Waals surface area contributed by atoms with Crippen LogP contribution in [0.25, 0.3) is 0 Å². The maximum Gasteiger partial charge on any atom is 0.263 e.